The number of hydrogen-bond donors (Lipinski definition) is 0. The molecule has 80 heavy (non-hydrogen) atoms. The topological polar surface area (TPSA) is 9.86 Å². The van der Waals surface area contributed by atoms with Gasteiger partial charge in [-0.3, -0.25) is 0 Å². The van der Waals surface area contributed by atoms with Gasteiger partial charge in [0.1, 0.15) is 0 Å². The third-order valence-corrected chi connectivity index (χ3v) is 16.2. The van der Waals surface area contributed by atoms with E-state index in [-0.39, 0.29) is 0 Å². The highest BCUT2D eigenvalue weighted by Crippen LogP contribution is 2.45. The molecule has 15 aromatic rings. The summed E-state index contributed by atoms with van der Waals surface area (Å²) >= 11 is 0. The first-order chi connectivity index (χ1) is 39.7. The number of hydrogen-bond acceptors (Lipinski definition) is 0. The van der Waals surface area contributed by atoms with Crippen molar-refractivity contribution in [3.63, 3.8) is 0 Å². The monoisotopic (exact) mass is 1020 g/mol. The van der Waals surface area contributed by atoms with Crippen molar-refractivity contribution in [2.75, 3.05) is 0 Å². The molecule has 2 nitrogen and oxygen atoms in total. The fourth-order valence-corrected chi connectivity index (χ4v) is 12.2. The van der Waals surface area contributed by atoms with Gasteiger partial charge in [0.2, 0.25) is 0 Å². The Morgan fingerprint density at radius 1 is 0.150 bits per heavy atom. The van der Waals surface area contributed by atoms with Crippen molar-refractivity contribution >= 4 is 43.6 Å². The van der Waals surface area contributed by atoms with Crippen LogP contribution in [-0.2, 0) is 0 Å². The summed E-state index contributed by atoms with van der Waals surface area (Å²) in [5.74, 6) is 0. The van der Waals surface area contributed by atoms with Gasteiger partial charge in [-0.05, 0) is 174 Å². The summed E-state index contributed by atoms with van der Waals surface area (Å²) in [5.41, 5.74) is 26.0. The Bertz CT molecular complexity index is 4230. The highest BCUT2D eigenvalue weighted by atomic mass is 15.0. The second-order valence-electron chi connectivity index (χ2n) is 20.8. The highest BCUT2D eigenvalue weighted by molar-refractivity contribution is 6.13. The first-order valence-electron chi connectivity index (χ1n) is 27.6. The number of aromatic nitrogens is 2. The molecular formula is C78H52N2. The largest absolute Gasteiger partial charge is 0.309 e. The molecule has 0 saturated heterocycles. The highest BCUT2D eigenvalue weighted by Gasteiger charge is 2.20. The van der Waals surface area contributed by atoms with Crippen molar-refractivity contribution in [2.45, 2.75) is 0 Å². The normalized spacial score (nSPS) is 11.5. The fourth-order valence-electron chi connectivity index (χ4n) is 12.2. The molecule has 13 aromatic carbocycles. The van der Waals surface area contributed by atoms with Crippen LogP contribution in [-0.4, -0.2) is 9.13 Å². The summed E-state index contributed by atoms with van der Waals surface area (Å²) < 4.78 is 4.86. The van der Waals surface area contributed by atoms with E-state index in [9.17, 15) is 0 Å². The minimum atomic E-state index is 1.12. The van der Waals surface area contributed by atoms with E-state index in [0.29, 0.717) is 0 Å². The fraction of sp³-hybridized carbons (Fsp3) is 0. The van der Waals surface area contributed by atoms with Gasteiger partial charge in [-0.25, -0.2) is 0 Å². The molecule has 15 rings (SSSR count). The maximum absolute atomic E-state index is 2.43. The van der Waals surface area contributed by atoms with Crippen molar-refractivity contribution in [3.8, 4) is 100 Å². The van der Waals surface area contributed by atoms with Crippen LogP contribution < -0.4 is 0 Å². The van der Waals surface area contributed by atoms with Crippen LogP contribution in [0.3, 0.4) is 0 Å². The van der Waals surface area contributed by atoms with E-state index in [1.165, 1.54) is 122 Å². The first kappa shape index (κ1) is 46.7. The Morgan fingerprint density at radius 3 is 0.588 bits per heavy atom. The zero-order valence-electron chi connectivity index (χ0n) is 43.9. The average Bonchev–Trinajstić information content (AvgIpc) is 4.25. The van der Waals surface area contributed by atoms with E-state index in [1.54, 1.807) is 0 Å². The van der Waals surface area contributed by atoms with Gasteiger partial charge in [-0.1, -0.05) is 231 Å². The van der Waals surface area contributed by atoms with E-state index in [4.69, 9.17) is 0 Å². The molecule has 2 heterocycles. The van der Waals surface area contributed by atoms with Crippen molar-refractivity contribution in [2.24, 2.45) is 0 Å². The number of rotatable bonds is 10. The van der Waals surface area contributed by atoms with Gasteiger partial charge in [0.15, 0.2) is 0 Å². The molecule has 374 valence electrons. The quantitative estimate of drug-likeness (QED) is 0.129. The summed E-state index contributed by atoms with van der Waals surface area (Å²) in [7, 11) is 0. The Hall–Kier alpha value is -10.5. The Labute approximate surface area is 466 Å². The van der Waals surface area contributed by atoms with Gasteiger partial charge in [-0.15, -0.1) is 0 Å². The van der Waals surface area contributed by atoms with Gasteiger partial charge in [-0.2, -0.15) is 0 Å². The molecule has 0 fully saturated rings. The van der Waals surface area contributed by atoms with Crippen LogP contribution in [0.4, 0.5) is 0 Å². The van der Waals surface area contributed by atoms with E-state index in [1.807, 2.05) is 0 Å². The van der Waals surface area contributed by atoms with E-state index in [0.717, 1.165) is 22.5 Å². The zero-order chi connectivity index (χ0) is 52.9. The lowest BCUT2D eigenvalue weighted by molar-refractivity contribution is 1.18. The molecule has 0 unspecified atom stereocenters. The van der Waals surface area contributed by atoms with E-state index < -0.39 is 0 Å². The minimum Gasteiger partial charge on any atom is -0.309 e. The number of fused-ring (bicyclic) bond motifs is 6. The molecule has 0 spiro atoms. The standard InChI is InChI=1S/C78H52N2/c1-7-19-53(20-8-1)61-35-43-75-71(47-61)72-48-62(54-21-9-2-10-22-54)36-44-76(72)79(75)65-39-31-59(32-40-65)69-51-68(58-29-17-6-18-30-58)70(52-67(69)57-27-15-5-16-28-57)60-33-41-66(42-34-60)80-77-45-37-63(55-23-11-3-12-24-55)49-73(77)74-50-64(38-46-78(74)80)56-25-13-4-14-26-56/h1-52H. The average molecular weight is 1020 g/mol. The number of nitrogens with zero attached hydrogens (tertiary/aromatic N) is 2. The molecule has 0 atom stereocenters. The smallest absolute Gasteiger partial charge is 0.0541 e. The number of benzene rings is 13. The van der Waals surface area contributed by atoms with E-state index >= 15 is 0 Å². The molecular weight excluding hydrogens is 965 g/mol. The van der Waals surface area contributed by atoms with Gasteiger partial charge in [0, 0.05) is 32.9 Å². The molecule has 0 aliphatic heterocycles. The molecule has 2 heteroatoms. The molecule has 0 N–H and O–H groups in total. The zero-order valence-corrected chi connectivity index (χ0v) is 43.9. The lowest BCUT2D eigenvalue weighted by atomic mass is 9.85. The molecule has 0 aliphatic carbocycles. The lowest BCUT2D eigenvalue weighted by Crippen LogP contribution is -1.96. The predicted molar refractivity (Wildman–Crippen MR) is 339 cm³/mol. The first-order valence-corrected chi connectivity index (χ1v) is 27.6. The SMILES string of the molecule is c1ccc(-c2ccc3c(c2)c2cc(-c4ccccc4)ccc2n3-c2ccc(-c3cc(-c4ccccc4)c(-c4ccc(-n5c6ccc(-c7ccccc7)cc6c6cc(-c7ccccc7)ccc65)cc4)cc3-c3ccccc3)cc2)cc1. The Morgan fingerprint density at radius 2 is 0.350 bits per heavy atom. The maximum Gasteiger partial charge on any atom is 0.0541 e. The van der Waals surface area contributed by atoms with Crippen molar-refractivity contribution < 1.29 is 0 Å². The summed E-state index contributed by atoms with van der Waals surface area (Å²) in [6.07, 6.45) is 0. The van der Waals surface area contributed by atoms with E-state index in [2.05, 4.69) is 325 Å². The van der Waals surface area contributed by atoms with Crippen molar-refractivity contribution in [1.29, 1.82) is 0 Å². The summed E-state index contributed by atoms with van der Waals surface area (Å²) in [6, 6.07) is 116. The third kappa shape index (κ3) is 8.30. The third-order valence-electron chi connectivity index (χ3n) is 16.2. The lowest BCUT2D eigenvalue weighted by Gasteiger charge is -2.19. The van der Waals surface area contributed by atoms with Crippen LogP contribution in [0, 0.1) is 0 Å². The molecule has 0 aliphatic rings. The second kappa shape index (κ2) is 19.8. The van der Waals surface area contributed by atoms with Crippen LogP contribution in [0.25, 0.3) is 144 Å². The molecule has 0 bridgehead atoms. The summed E-state index contributed by atoms with van der Waals surface area (Å²) in [5, 5.41) is 4.93. The van der Waals surface area contributed by atoms with Crippen molar-refractivity contribution in [3.05, 3.63) is 315 Å². The Kier molecular flexibility index (Phi) is 11.6. The van der Waals surface area contributed by atoms with Crippen LogP contribution >= 0.6 is 0 Å². The van der Waals surface area contributed by atoms with Crippen molar-refractivity contribution in [1.82, 2.24) is 9.13 Å². The summed E-state index contributed by atoms with van der Waals surface area (Å²) in [6.45, 7) is 0. The predicted octanol–water partition coefficient (Wildman–Crippen LogP) is 21.2. The second-order valence-corrected chi connectivity index (χ2v) is 20.8. The molecule has 2 aromatic heterocycles. The Balaban J connectivity index is 0.858. The van der Waals surface area contributed by atoms with Gasteiger partial charge >= 0.3 is 0 Å². The van der Waals surface area contributed by atoms with Crippen LogP contribution in [0.2, 0.25) is 0 Å². The molecule has 0 saturated carbocycles. The van der Waals surface area contributed by atoms with Crippen LogP contribution in [0.15, 0.2) is 315 Å². The summed E-state index contributed by atoms with van der Waals surface area (Å²) in [4.78, 5) is 0. The maximum atomic E-state index is 2.43. The van der Waals surface area contributed by atoms with Gasteiger partial charge in [0.05, 0.1) is 22.1 Å². The minimum absolute atomic E-state index is 1.12. The molecule has 0 amide bonds. The van der Waals surface area contributed by atoms with Crippen LogP contribution in [0.1, 0.15) is 0 Å². The van der Waals surface area contributed by atoms with Crippen LogP contribution in [0.5, 0.6) is 0 Å². The molecule has 0 radical (unpaired) electrons. The van der Waals surface area contributed by atoms with Gasteiger partial charge in [0.25, 0.3) is 0 Å². The van der Waals surface area contributed by atoms with Gasteiger partial charge < -0.3 is 9.13 Å².